The minimum absolute atomic E-state index is 0.128. The number of carbonyl (C=O) groups is 1. The van der Waals surface area contributed by atoms with Crippen molar-refractivity contribution in [1.29, 1.82) is 5.26 Å². The second-order valence-electron chi connectivity index (χ2n) is 4.93. The van der Waals surface area contributed by atoms with Crippen LogP contribution in [0.4, 0.5) is 0 Å². The third-order valence-corrected chi connectivity index (χ3v) is 3.72. The fourth-order valence-electron chi connectivity index (χ4n) is 2.14. The van der Waals surface area contributed by atoms with Gasteiger partial charge >= 0.3 is 5.97 Å². The smallest absolute Gasteiger partial charge is 0.338 e. The van der Waals surface area contributed by atoms with E-state index in [1.54, 1.807) is 36.5 Å². The number of hydrogen-bond acceptors (Lipinski definition) is 5. The van der Waals surface area contributed by atoms with Crippen LogP contribution in [-0.4, -0.2) is 15.4 Å². The van der Waals surface area contributed by atoms with Crippen LogP contribution in [0.5, 0.6) is 0 Å². The Balaban J connectivity index is 1.80. The summed E-state index contributed by atoms with van der Waals surface area (Å²) in [6, 6.07) is 12.9. The number of ether oxygens (including phenoxy) is 1. The summed E-state index contributed by atoms with van der Waals surface area (Å²) in [6.45, 7) is -0.128. The van der Waals surface area contributed by atoms with Gasteiger partial charge < -0.3 is 4.74 Å². The number of fused-ring (bicyclic) bond motifs is 1. The number of nitrogens with zero attached hydrogens (tertiary/aromatic N) is 3. The third kappa shape index (κ3) is 3.34. The number of benzene rings is 1. The van der Waals surface area contributed by atoms with Crippen LogP contribution in [-0.2, 0) is 11.3 Å². The fraction of sp³-hybridized carbons (Fsp3) is 0.0588. The fourth-order valence-corrected chi connectivity index (χ4v) is 2.48. The predicted molar refractivity (Wildman–Crippen MR) is 89.4 cm³/mol. The van der Waals surface area contributed by atoms with Crippen LogP contribution in [0, 0.1) is 11.3 Å². The van der Waals surface area contributed by atoms with Gasteiger partial charge in [-0.15, -0.1) is 0 Å². The minimum atomic E-state index is -0.579. The van der Waals surface area contributed by atoms with Crippen molar-refractivity contribution in [2.75, 3.05) is 0 Å². The molecule has 118 valence electrons. The number of esters is 1. The van der Waals surface area contributed by atoms with Crippen LogP contribution in [0.25, 0.3) is 5.65 Å². The van der Waals surface area contributed by atoms with Crippen LogP contribution in [0.15, 0.2) is 57.9 Å². The highest BCUT2D eigenvalue weighted by molar-refractivity contribution is 9.10. The molecule has 0 saturated heterocycles. The highest BCUT2D eigenvalue weighted by atomic mass is 79.9. The Morgan fingerprint density at radius 1 is 1.29 bits per heavy atom. The van der Waals surface area contributed by atoms with Crippen LogP contribution in [0.1, 0.15) is 21.6 Å². The first-order valence-electron chi connectivity index (χ1n) is 6.92. The summed E-state index contributed by atoms with van der Waals surface area (Å²) in [6.07, 6.45) is 1.62. The van der Waals surface area contributed by atoms with Gasteiger partial charge in [-0.2, -0.15) is 5.26 Å². The SMILES string of the molecule is N#Cc1cccc(C(=O)OCc2cc(=O)n3cc(Br)ccc3n2)c1. The maximum absolute atomic E-state index is 12.1. The number of carbonyl (C=O) groups excluding carboxylic acids is 1. The molecule has 0 N–H and O–H groups in total. The van der Waals surface area contributed by atoms with E-state index >= 15 is 0 Å². The highest BCUT2D eigenvalue weighted by Gasteiger charge is 2.10. The topological polar surface area (TPSA) is 84.5 Å². The van der Waals surface area contributed by atoms with E-state index in [1.807, 2.05) is 6.07 Å². The molecular formula is C17H10BrN3O3. The second-order valence-corrected chi connectivity index (χ2v) is 5.85. The van der Waals surface area contributed by atoms with Crippen LogP contribution in [0.2, 0.25) is 0 Å². The summed E-state index contributed by atoms with van der Waals surface area (Å²) >= 11 is 3.29. The average Bonchev–Trinajstić information content (AvgIpc) is 2.60. The van der Waals surface area contributed by atoms with Gasteiger partial charge in [-0.05, 0) is 46.3 Å². The summed E-state index contributed by atoms with van der Waals surface area (Å²) in [5, 5.41) is 8.85. The lowest BCUT2D eigenvalue weighted by Crippen LogP contribution is -2.16. The lowest BCUT2D eigenvalue weighted by molar-refractivity contribution is 0.0467. The van der Waals surface area contributed by atoms with Gasteiger partial charge in [-0.25, -0.2) is 9.78 Å². The lowest BCUT2D eigenvalue weighted by Gasteiger charge is -2.06. The zero-order valence-electron chi connectivity index (χ0n) is 12.3. The largest absolute Gasteiger partial charge is 0.456 e. The molecule has 24 heavy (non-hydrogen) atoms. The average molecular weight is 384 g/mol. The number of nitriles is 1. The van der Waals surface area contributed by atoms with Crippen molar-refractivity contribution in [3.05, 3.63) is 80.3 Å². The Morgan fingerprint density at radius 2 is 2.12 bits per heavy atom. The molecule has 2 aromatic heterocycles. The van der Waals surface area contributed by atoms with Crippen molar-refractivity contribution in [3.8, 4) is 6.07 Å². The van der Waals surface area contributed by atoms with Gasteiger partial charge in [-0.3, -0.25) is 9.20 Å². The maximum Gasteiger partial charge on any atom is 0.338 e. The zero-order valence-corrected chi connectivity index (χ0v) is 13.9. The minimum Gasteiger partial charge on any atom is -0.456 e. The second kappa shape index (κ2) is 6.64. The Kier molecular flexibility index (Phi) is 4.40. The molecule has 0 aliphatic rings. The quantitative estimate of drug-likeness (QED) is 0.649. The number of halogens is 1. The van der Waals surface area contributed by atoms with Gasteiger partial charge in [0, 0.05) is 16.7 Å². The van der Waals surface area contributed by atoms with Gasteiger partial charge in [-0.1, -0.05) is 6.07 Å². The zero-order chi connectivity index (χ0) is 17.1. The Hall–Kier alpha value is -2.98. The van der Waals surface area contributed by atoms with E-state index < -0.39 is 5.97 Å². The van der Waals surface area contributed by atoms with Gasteiger partial charge in [0.1, 0.15) is 12.3 Å². The molecule has 2 heterocycles. The van der Waals surface area contributed by atoms with Gasteiger partial charge in [0.25, 0.3) is 5.56 Å². The van der Waals surface area contributed by atoms with E-state index in [1.165, 1.54) is 16.5 Å². The van der Waals surface area contributed by atoms with Gasteiger partial charge in [0.05, 0.1) is 22.9 Å². The summed E-state index contributed by atoms with van der Waals surface area (Å²) in [5.74, 6) is -0.579. The molecule has 0 radical (unpaired) electrons. The summed E-state index contributed by atoms with van der Waals surface area (Å²) in [4.78, 5) is 28.4. The van der Waals surface area contributed by atoms with E-state index in [4.69, 9.17) is 10.00 Å². The Bertz CT molecular complexity index is 1040. The van der Waals surface area contributed by atoms with Crippen LogP contribution >= 0.6 is 15.9 Å². The molecule has 3 rings (SSSR count). The number of rotatable bonds is 3. The molecule has 0 spiro atoms. The summed E-state index contributed by atoms with van der Waals surface area (Å²) < 4.78 is 7.33. The van der Waals surface area contributed by atoms with Gasteiger partial charge in [0.2, 0.25) is 0 Å². The van der Waals surface area contributed by atoms with Crippen molar-refractivity contribution in [3.63, 3.8) is 0 Å². The van der Waals surface area contributed by atoms with Crippen LogP contribution in [0.3, 0.4) is 0 Å². The van der Waals surface area contributed by atoms with Crippen molar-refractivity contribution < 1.29 is 9.53 Å². The molecule has 0 aliphatic carbocycles. The van der Waals surface area contributed by atoms with Crippen LogP contribution < -0.4 is 5.56 Å². The predicted octanol–water partition coefficient (Wildman–Crippen LogP) is 2.69. The molecular weight excluding hydrogens is 374 g/mol. The first-order chi connectivity index (χ1) is 11.6. The highest BCUT2D eigenvalue weighted by Crippen LogP contribution is 2.11. The lowest BCUT2D eigenvalue weighted by atomic mass is 10.1. The van der Waals surface area contributed by atoms with Crippen molar-refractivity contribution in [2.24, 2.45) is 0 Å². The van der Waals surface area contributed by atoms with E-state index in [0.29, 0.717) is 16.9 Å². The molecule has 1 aromatic carbocycles. The monoisotopic (exact) mass is 383 g/mol. The normalized spacial score (nSPS) is 10.3. The van der Waals surface area contributed by atoms with E-state index in [-0.39, 0.29) is 17.7 Å². The molecule has 0 amide bonds. The number of aromatic nitrogens is 2. The molecule has 0 atom stereocenters. The molecule has 6 nitrogen and oxygen atoms in total. The molecule has 3 aromatic rings. The first-order valence-corrected chi connectivity index (χ1v) is 7.71. The van der Waals surface area contributed by atoms with Crippen molar-refractivity contribution in [2.45, 2.75) is 6.61 Å². The number of pyridine rings is 1. The van der Waals surface area contributed by atoms with Crippen molar-refractivity contribution >= 4 is 27.5 Å². The molecule has 0 saturated carbocycles. The molecule has 0 unspecified atom stereocenters. The third-order valence-electron chi connectivity index (χ3n) is 3.26. The molecule has 0 bridgehead atoms. The summed E-state index contributed by atoms with van der Waals surface area (Å²) in [5.41, 5.74) is 1.20. The summed E-state index contributed by atoms with van der Waals surface area (Å²) in [7, 11) is 0. The Morgan fingerprint density at radius 3 is 2.92 bits per heavy atom. The maximum atomic E-state index is 12.1. The first kappa shape index (κ1) is 15.9. The Labute approximate surface area is 145 Å². The van der Waals surface area contributed by atoms with E-state index in [0.717, 1.165) is 4.47 Å². The van der Waals surface area contributed by atoms with Gasteiger partial charge in [0.15, 0.2) is 0 Å². The molecule has 0 fully saturated rings. The van der Waals surface area contributed by atoms with E-state index in [2.05, 4.69) is 20.9 Å². The molecule has 0 aliphatic heterocycles. The van der Waals surface area contributed by atoms with E-state index in [9.17, 15) is 9.59 Å². The van der Waals surface area contributed by atoms with Crippen molar-refractivity contribution in [1.82, 2.24) is 9.38 Å². The molecule has 7 heteroatoms. The standard InChI is InChI=1S/C17H10BrN3O3/c18-13-4-5-15-20-14(7-16(22)21(15)9-13)10-24-17(23)12-3-1-2-11(6-12)8-19/h1-7,9H,10H2. The number of hydrogen-bond donors (Lipinski definition) is 0.